The van der Waals surface area contributed by atoms with Crippen LogP contribution in [0.2, 0.25) is 0 Å². The van der Waals surface area contributed by atoms with Crippen molar-refractivity contribution in [3.8, 4) is 0 Å². The molecule has 3 rings (SSSR count). The topological polar surface area (TPSA) is 9.72 Å². The fourth-order valence-electron chi connectivity index (χ4n) is 3.69. The van der Waals surface area contributed by atoms with Gasteiger partial charge in [-0.1, -0.05) is 54.6 Å². The van der Waals surface area contributed by atoms with Crippen LogP contribution in [-0.4, -0.2) is 55.6 Å². The van der Waals surface area contributed by atoms with E-state index < -0.39 is 0 Å². The standard InChI is InChI=1S/C24H33N3/c1-3-27(4-2)24-14-12-23(13-15-24)21-26-19-17-25(18-20-26)16-8-11-22-9-6-5-7-10-22/h5-15H,3-4,16-21H2,1-2H3. The lowest BCUT2D eigenvalue weighted by molar-refractivity contribution is 0.137. The molecule has 1 aliphatic rings. The molecule has 0 aliphatic carbocycles. The van der Waals surface area contributed by atoms with Crippen LogP contribution in [0.4, 0.5) is 5.69 Å². The third-order valence-corrected chi connectivity index (χ3v) is 5.41. The van der Waals surface area contributed by atoms with Crippen molar-refractivity contribution in [3.63, 3.8) is 0 Å². The molecule has 0 amide bonds. The summed E-state index contributed by atoms with van der Waals surface area (Å²) < 4.78 is 0. The molecule has 27 heavy (non-hydrogen) atoms. The third-order valence-electron chi connectivity index (χ3n) is 5.41. The number of hydrogen-bond donors (Lipinski definition) is 0. The minimum absolute atomic E-state index is 1.04. The first-order valence-electron chi connectivity index (χ1n) is 10.3. The molecule has 3 heteroatoms. The summed E-state index contributed by atoms with van der Waals surface area (Å²) in [4.78, 5) is 7.51. The highest BCUT2D eigenvalue weighted by Gasteiger charge is 2.16. The number of piperazine rings is 1. The summed E-state index contributed by atoms with van der Waals surface area (Å²) in [6.45, 7) is 13.3. The Bertz CT molecular complexity index is 681. The lowest BCUT2D eigenvalue weighted by atomic mass is 10.1. The van der Waals surface area contributed by atoms with Crippen LogP contribution in [0.25, 0.3) is 6.08 Å². The summed E-state index contributed by atoms with van der Waals surface area (Å²) in [5.74, 6) is 0. The number of rotatable bonds is 8. The molecule has 0 aromatic heterocycles. The molecule has 2 aromatic rings. The van der Waals surface area contributed by atoms with E-state index in [1.54, 1.807) is 0 Å². The number of nitrogens with zero attached hydrogens (tertiary/aromatic N) is 3. The molecule has 1 heterocycles. The van der Waals surface area contributed by atoms with E-state index in [2.05, 4.69) is 95.3 Å². The molecule has 0 atom stereocenters. The van der Waals surface area contributed by atoms with Gasteiger partial charge in [-0.25, -0.2) is 0 Å². The molecule has 0 bridgehead atoms. The first-order valence-corrected chi connectivity index (χ1v) is 10.3. The van der Waals surface area contributed by atoms with Crippen LogP contribution in [0.5, 0.6) is 0 Å². The van der Waals surface area contributed by atoms with Crippen LogP contribution >= 0.6 is 0 Å². The van der Waals surface area contributed by atoms with Crippen molar-refractivity contribution in [2.24, 2.45) is 0 Å². The molecule has 2 aromatic carbocycles. The van der Waals surface area contributed by atoms with E-state index >= 15 is 0 Å². The molecule has 144 valence electrons. The van der Waals surface area contributed by atoms with Crippen molar-refractivity contribution < 1.29 is 0 Å². The molecule has 1 fully saturated rings. The zero-order valence-corrected chi connectivity index (χ0v) is 16.8. The fraction of sp³-hybridized carbons (Fsp3) is 0.417. The Morgan fingerprint density at radius 2 is 1.44 bits per heavy atom. The zero-order valence-electron chi connectivity index (χ0n) is 16.8. The number of benzene rings is 2. The predicted molar refractivity (Wildman–Crippen MR) is 117 cm³/mol. The molecule has 0 saturated carbocycles. The first kappa shape index (κ1) is 19.7. The van der Waals surface area contributed by atoms with Crippen LogP contribution in [0.3, 0.4) is 0 Å². The van der Waals surface area contributed by atoms with Crippen LogP contribution in [0, 0.1) is 0 Å². The maximum absolute atomic E-state index is 2.57. The molecule has 0 radical (unpaired) electrons. The largest absolute Gasteiger partial charge is 0.372 e. The summed E-state index contributed by atoms with van der Waals surface area (Å²) >= 11 is 0. The van der Waals surface area contributed by atoms with Gasteiger partial charge in [-0.3, -0.25) is 9.80 Å². The quantitative estimate of drug-likeness (QED) is 0.690. The van der Waals surface area contributed by atoms with Crippen molar-refractivity contribution in [2.45, 2.75) is 20.4 Å². The monoisotopic (exact) mass is 363 g/mol. The summed E-state index contributed by atoms with van der Waals surface area (Å²) in [5, 5.41) is 0. The Morgan fingerprint density at radius 1 is 0.815 bits per heavy atom. The minimum atomic E-state index is 1.04. The molecule has 1 aliphatic heterocycles. The van der Waals surface area contributed by atoms with Gasteiger partial charge in [0, 0.05) is 58.0 Å². The highest BCUT2D eigenvalue weighted by Crippen LogP contribution is 2.16. The van der Waals surface area contributed by atoms with Gasteiger partial charge in [-0.2, -0.15) is 0 Å². The van der Waals surface area contributed by atoms with Crippen molar-refractivity contribution >= 4 is 11.8 Å². The molecule has 0 unspecified atom stereocenters. The van der Waals surface area contributed by atoms with Crippen LogP contribution in [0.15, 0.2) is 60.7 Å². The lowest BCUT2D eigenvalue weighted by Gasteiger charge is -2.34. The van der Waals surface area contributed by atoms with E-state index in [0.29, 0.717) is 0 Å². The Kier molecular flexibility index (Phi) is 7.49. The predicted octanol–water partition coefficient (Wildman–Crippen LogP) is 4.36. The van der Waals surface area contributed by atoms with Crippen molar-refractivity contribution in [3.05, 3.63) is 71.8 Å². The van der Waals surface area contributed by atoms with Gasteiger partial charge in [-0.15, -0.1) is 0 Å². The Hall–Kier alpha value is -2.10. The second-order valence-corrected chi connectivity index (χ2v) is 7.23. The Morgan fingerprint density at radius 3 is 2.07 bits per heavy atom. The van der Waals surface area contributed by atoms with E-state index in [9.17, 15) is 0 Å². The molecule has 1 saturated heterocycles. The smallest absolute Gasteiger partial charge is 0.0366 e. The second-order valence-electron chi connectivity index (χ2n) is 7.23. The second kappa shape index (κ2) is 10.3. The van der Waals surface area contributed by atoms with E-state index in [1.165, 1.54) is 16.8 Å². The summed E-state index contributed by atoms with van der Waals surface area (Å²) in [7, 11) is 0. The van der Waals surface area contributed by atoms with Crippen LogP contribution in [0.1, 0.15) is 25.0 Å². The molecule has 0 spiro atoms. The highest BCUT2D eigenvalue weighted by atomic mass is 15.3. The van der Waals surface area contributed by atoms with Gasteiger partial charge < -0.3 is 4.90 Å². The molecular weight excluding hydrogens is 330 g/mol. The van der Waals surface area contributed by atoms with E-state index in [4.69, 9.17) is 0 Å². The fourth-order valence-corrected chi connectivity index (χ4v) is 3.69. The SMILES string of the molecule is CCN(CC)c1ccc(CN2CCN(CC=Cc3ccccc3)CC2)cc1. The van der Waals surface area contributed by atoms with E-state index in [1.807, 2.05) is 0 Å². The van der Waals surface area contributed by atoms with Crippen LogP contribution < -0.4 is 4.90 Å². The van der Waals surface area contributed by atoms with Gasteiger partial charge in [0.1, 0.15) is 0 Å². The first-order chi connectivity index (χ1) is 13.3. The zero-order chi connectivity index (χ0) is 18.9. The number of hydrogen-bond acceptors (Lipinski definition) is 3. The molecule has 3 nitrogen and oxygen atoms in total. The Labute approximate surface area is 164 Å². The lowest BCUT2D eigenvalue weighted by Crippen LogP contribution is -2.45. The highest BCUT2D eigenvalue weighted by molar-refractivity contribution is 5.49. The van der Waals surface area contributed by atoms with Gasteiger partial charge in [0.15, 0.2) is 0 Å². The van der Waals surface area contributed by atoms with Gasteiger partial charge in [0.25, 0.3) is 0 Å². The van der Waals surface area contributed by atoms with Gasteiger partial charge in [0.2, 0.25) is 0 Å². The normalized spacial score (nSPS) is 16.1. The van der Waals surface area contributed by atoms with Crippen molar-refractivity contribution in [1.29, 1.82) is 0 Å². The summed E-state index contributed by atoms with van der Waals surface area (Å²) in [6, 6.07) is 19.7. The third kappa shape index (κ3) is 5.95. The summed E-state index contributed by atoms with van der Waals surface area (Å²) in [5.41, 5.74) is 4.03. The summed E-state index contributed by atoms with van der Waals surface area (Å²) in [6.07, 6.45) is 4.51. The van der Waals surface area contributed by atoms with Crippen molar-refractivity contribution in [2.75, 3.05) is 50.7 Å². The van der Waals surface area contributed by atoms with Gasteiger partial charge >= 0.3 is 0 Å². The van der Waals surface area contributed by atoms with E-state index in [-0.39, 0.29) is 0 Å². The molecule has 0 N–H and O–H groups in total. The Balaban J connectivity index is 1.42. The van der Waals surface area contributed by atoms with Gasteiger partial charge in [0.05, 0.1) is 0 Å². The number of anilines is 1. The molecular formula is C24H33N3. The maximum Gasteiger partial charge on any atom is 0.0366 e. The average molecular weight is 364 g/mol. The van der Waals surface area contributed by atoms with Gasteiger partial charge in [-0.05, 0) is 37.1 Å². The van der Waals surface area contributed by atoms with Crippen molar-refractivity contribution in [1.82, 2.24) is 9.80 Å². The van der Waals surface area contributed by atoms with E-state index in [0.717, 1.165) is 52.4 Å². The maximum atomic E-state index is 2.57. The van der Waals surface area contributed by atoms with Crippen LogP contribution in [-0.2, 0) is 6.54 Å². The minimum Gasteiger partial charge on any atom is -0.372 e. The average Bonchev–Trinajstić information content (AvgIpc) is 2.72.